The Kier molecular flexibility index (Phi) is 6.85. The quantitative estimate of drug-likeness (QED) is 0.827. The summed E-state index contributed by atoms with van der Waals surface area (Å²) in [7, 11) is 1.28. The molecule has 0 spiro atoms. The van der Waals surface area contributed by atoms with Crippen LogP contribution in [0.5, 0.6) is 5.75 Å². The van der Waals surface area contributed by atoms with Crippen LogP contribution in [-0.4, -0.2) is 18.2 Å². The molecule has 4 nitrogen and oxygen atoms in total. The average molecular weight is 345 g/mol. The summed E-state index contributed by atoms with van der Waals surface area (Å²) in [5.74, 6) is -0.484. The van der Waals surface area contributed by atoms with Crippen LogP contribution in [0, 0.1) is 0 Å². The molecule has 0 aliphatic rings. The number of ether oxygens (including phenoxy) is 1. The number of aromatic hydroxyl groups is 1. The standard InChI is InChI=1S/C10H11BrClNO3.ClH/c1-16-8(14)4-7(13)5-2-3-6(12)9(11)10(5)15;/h2-3,7,15H,4,13H2,1H3;1H/t7-;/m0./s1. The maximum atomic E-state index is 11.0. The van der Waals surface area contributed by atoms with Gasteiger partial charge in [0.05, 0.1) is 23.0 Å². The molecule has 0 radical (unpaired) electrons. The van der Waals surface area contributed by atoms with Gasteiger partial charge >= 0.3 is 5.97 Å². The van der Waals surface area contributed by atoms with Crippen LogP contribution in [-0.2, 0) is 9.53 Å². The Hall–Kier alpha value is -0.490. The first kappa shape index (κ1) is 16.5. The third-order valence-corrected chi connectivity index (χ3v) is 3.46. The first-order valence-electron chi connectivity index (χ1n) is 4.46. The van der Waals surface area contributed by atoms with Crippen molar-refractivity contribution in [3.05, 3.63) is 27.2 Å². The number of methoxy groups -OCH3 is 1. The van der Waals surface area contributed by atoms with Crippen molar-refractivity contribution in [2.24, 2.45) is 5.73 Å². The fourth-order valence-corrected chi connectivity index (χ4v) is 1.74. The number of carbonyl (C=O) groups is 1. The van der Waals surface area contributed by atoms with Crippen molar-refractivity contribution >= 4 is 45.9 Å². The Morgan fingerprint density at radius 1 is 1.65 bits per heavy atom. The number of phenolic OH excluding ortho intramolecular Hbond substituents is 1. The molecule has 0 amide bonds. The largest absolute Gasteiger partial charge is 0.506 e. The van der Waals surface area contributed by atoms with Gasteiger partial charge in [0, 0.05) is 11.6 Å². The molecular weight excluding hydrogens is 333 g/mol. The first-order valence-corrected chi connectivity index (χ1v) is 5.63. The summed E-state index contributed by atoms with van der Waals surface area (Å²) in [6, 6.07) is 2.55. The van der Waals surface area contributed by atoms with Crippen LogP contribution in [0.4, 0.5) is 0 Å². The zero-order chi connectivity index (χ0) is 12.3. The van der Waals surface area contributed by atoms with Crippen LogP contribution < -0.4 is 5.73 Å². The number of nitrogens with two attached hydrogens (primary N) is 1. The van der Waals surface area contributed by atoms with Crippen molar-refractivity contribution in [3.63, 3.8) is 0 Å². The van der Waals surface area contributed by atoms with Gasteiger partial charge in [-0.2, -0.15) is 0 Å². The molecule has 0 fully saturated rings. The maximum absolute atomic E-state index is 11.0. The molecule has 3 N–H and O–H groups in total. The lowest BCUT2D eigenvalue weighted by molar-refractivity contribution is -0.141. The van der Waals surface area contributed by atoms with E-state index in [4.69, 9.17) is 17.3 Å². The van der Waals surface area contributed by atoms with Crippen molar-refractivity contribution in [1.82, 2.24) is 0 Å². The Morgan fingerprint density at radius 2 is 2.24 bits per heavy atom. The molecule has 96 valence electrons. The van der Waals surface area contributed by atoms with Gasteiger partial charge < -0.3 is 15.6 Å². The van der Waals surface area contributed by atoms with E-state index < -0.39 is 12.0 Å². The Bertz CT molecular complexity index is 415. The number of hydrogen-bond donors (Lipinski definition) is 2. The van der Waals surface area contributed by atoms with E-state index in [0.29, 0.717) is 15.1 Å². The zero-order valence-corrected chi connectivity index (χ0v) is 12.1. The minimum absolute atomic E-state index is 0. The summed E-state index contributed by atoms with van der Waals surface area (Å²) in [4.78, 5) is 11.0. The van der Waals surface area contributed by atoms with E-state index in [9.17, 15) is 9.90 Å². The predicted octanol–water partition coefficient (Wildman–Crippen LogP) is 2.79. The normalized spacial score (nSPS) is 11.5. The molecule has 0 saturated heterocycles. The molecule has 0 heterocycles. The SMILES string of the molecule is COC(=O)C[C@H](N)c1ccc(Cl)c(Br)c1O.Cl. The van der Waals surface area contributed by atoms with Gasteiger partial charge in [0.15, 0.2) is 0 Å². The fraction of sp³-hybridized carbons (Fsp3) is 0.300. The molecule has 0 bridgehead atoms. The highest BCUT2D eigenvalue weighted by Crippen LogP contribution is 2.37. The minimum Gasteiger partial charge on any atom is -0.506 e. The molecule has 1 atom stereocenters. The monoisotopic (exact) mass is 343 g/mol. The number of rotatable bonds is 3. The number of esters is 1. The third kappa shape index (κ3) is 4.03. The van der Waals surface area contributed by atoms with Crippen molar-refractivity contribution in [2.45, 2.75) is 12.5 Å². The number of carbonyl (C=O) groups excluding carboxylic acids is 1. The van der Waals surface area contributed by atoms with Gasteiger partial charge in [-0.05, 0) is 22.0 Å². The second kappa shape index (κ2) is 7.06. The van der Waals surface area contributed by atoms with Gasteiger partial charge in [0.25, 0.3) is 0 Å². The molecule has 0 aliphatic carbocycles. The smallest absolute Gasteiger partial charge is 0.307 e. The maximum Gasteiger partial charge on any atom is 0.307 e. The van der Waals surface area contributed by atoms with E-state index in [1.165, 1.54) is 7.11 Å². The molecule has 0 unspecified atom stereocenters. The van der Waals surface area contributed by atoms with Crippen LogP contribution >= 0.6 is 39.9 Å². The summed E-state index contributed by atoms with van der Waals surface area (Å²) in [5.41, 5.74) is 6.21. The Balaban J connectivity index is 0.00000256. The summed E-state index contributed by atoms with van der Waals surface area (Å²) in [6.45, 7) is 0. The summed E-state index contributed by atoms with van der Waals surface area (Å²) in [5, 5.41) is 10.2. The van der Waals surface area contributed by atoms with E-state index in [-0.39, 0.29) is 24.6 Å². The van der Waals surface area contributed by atoms with Crippen molar-refractivity contribution in [2.75, 3.05) is 7.11 Å². The highest BCUT2D eigenvalue weighted by molar-refractivity contribution is 9.10. The van der Waals surface area contributed by atoms with Crippen LogP contribution in [0.1, 0.15) is 18.0 Å². The molecule has 17 heavy (non-hydrogen) atoms. The lowest BCUT2D eigenvalue weighted by Crippen LogP contribution is -2.16. The van der Waals surface area contributed by atoms with Gasteiger partial charge in [0.1, 0.15) is 5.75 Å². The van der Waals surface area contributed by atoms with Crippen LogP contribution in [0.15, 0.2) is 16.6 Å². The Morgan fingerprint density at radius 3 is 2.76 bits per heavy atom. The summed E-state index contributed by atoms with van der Waals surface area (Å²) < 4.78 is 4.87. The molecule has 1 aromatic rings. The second-order valence-electron chi connectivity index (χ2n) is 3.19. The minimum atomic E-state index is -0.624. The van der Waals surface area contributed by atoms with E-state index in [0.717, 1.165) is 0 Å². The number of benzene rings is 1. The number of phenols is 1. The second-order valence-corrected chi connectivity index (χ2v) is 4.39. The molecule has 7 heteroatoms. The topological polar surface area (TPSA) is 72.5 Å². The van der Waals surface area contributed by atoms with Gasteiger partial charge in [-0.15, -0.1) is 12.4 Å². The summed E-state index contributed by atoms with van der Waals surface area (Å²) >= 11 is 8.91. The molecule has 0 saturated carbocycles. The van der Waals surface area contributed by atoms with Crippen molar-refractivity contribution in [3.8, 4) is 5.75 Å². The van der Waals surface area contributed by atoms with E-state index in [1.807, 2.05) is 0 Å². The predicted molar refractivity (Wildman–Crippen MR) is 71.6 cm³/mol. The van der Waals surface area contributed by atoms with Gasteiger partial charge in [0.2, 0.25) is 0 Å². The van der Waals surface area contributed by atoms with Crippen LogP contribution in [0.25, 0.3) is 0 Å². The third-order valence-electron chi connectivity index (χ3n) is 2.11. The van der Waals surface area contributed by atoms with Gasteiger partial charge in [-0.3, -0.25) is 4.79 Å². The highest BCUT2D eigenvalue weighted by Gasteiger charge is 2.18. The van der Waals surface area contributed by atoms with E-state index >= 15 is 0 Å². The lowest BCUT2D eigenvalue weighted by Gasteiger charge is -2.13. The van der Waals surface area contributed by atoms with Crippen LogP contribution in [0.3, 0.4) is 0 Å². The van der Waals surface area contributed by atoms with Gasteiger partial charge in [-0.1, -0.05) is 17.7 Å². The van der Waals surface area contributed by atoms with E-state index in [2.05, 4.69) is 20.7 Å². The van der Waals surface area contributed by atoms with Crippen molar-refractivity contribution in [1.29, 1.82) is 0 Å². The molecule has 1 rings (SSSR count). The molecule has 0 aromatic heterocycles. The number of halogens is 3. The van der Waals surface area contributed by atoms with Crippen molar-refractivity contribution < 1.29 is 14.6 Å². The summed E-state index contributed by atoms with van der Waals surface area (Å²) in [6.07, 6.45) is -0.00185. The number of hydrogen-bond acceptors (Lipinski definition) is 4. The zero-order valence-electron chi connectivity index (χ0n) is 8.94. The first-order chi connectivity index (χ1) is 7.47. The average Bonchev–Trinajstić information content (AvgIpc) is 2.25. The molecule has 0 aliphatic heterocycles. The highest BCUT2D eigenvalue weighted by atomic mass is 79.9. The molecule has 1 aromatic carbocycles. The van der Waals surface area contributed by atoms with E-state index in [1.54, 1.807) is 12.1 Å². The lowest BCUT2D eigenvalue weighted by atomic mass is 10.0. The van der Waals surface area contributed by atoms with Crippen LogP contribution in [0.2, 0.25) is 5.02 Å². The molecular formula is C10H12BrCl2NO3. The Labute approximate surface area is 119 Å². The fourth-order valence-electron chi connectivity index (χ4n) is 1.23. The van der Waals surface area contributed by atoms with Gasteiger partial charge in [-0.25, -0.2) is 0 Å².